The van der Waals surface area contributed by atoms with Crippen molar-refractivity contribution < 1.29 is 41.8 Å². The van der Waals surface area contributed by atoms with Crippen molar-refractivity contribution in [3.8, 4) is 11.1 Å². The molecule has 2 atom stereocenters. The summed E-state index contributed by atoms with van der Waals surface area (Å²) in [6, 6.07) is 3.09. The van der Waals surface area contributed by atoms with Crippen molar-refractivity contribution in [2.45, 2.75) is 85.2 Å². The van der Waals surface area contributed by atoms with Crippen molar-refractivity contribution >= 4 is 11.9 Å². The smallest absolute Gasteiger partial charge is 0.416 e. The number of amides is 1. The fourth-order valence-electron chi connectivity index (χ4n) is 6.51. The molecule has 3 N–H and O–H groups in total. The van der Waals surface area contributed by atoms with Crippen LogP contribution in [-0.2, 0) is 27.9 Å². The first kappa shape index (κ1) is 37.7. The van der Waals surface area contributed by atoms with Crippen LogP contribution in [0.1, 0.15) is 78.1 Å². The Bertz CT molecular complexity index is 1820. The number of nitrogens with zero attached hydrogens (tertiary/aromatic N) is 2. The van der Waals surface area contributed by atoms with E-state index in [1.54, 1.807) is 33.8 Å². The SMILES string of the molecule is Cc1cc(-c2c(C)cc(C)c(F)c2C)cc([C@](O)(CC(=O)O)NC(=O)C(CC(C)C)n2cc(CCN3CCC3)c(C(F)(F)F)cc2=O)c1F. The van der Waals surface area contributed by atoms with E-state index in [1.807, 2.05) is 4.90 Å². The minimum Gasteiger partial charge on any atom is -0.481 e. The molecule has 0 radical (unpaired) electrons. The van der Waals surface area contributed by atoms with Gasteiger partial charge >= 0.3 is 12.1 Å². The average Bonchev–Trinajstić information content (AvgIpc) is 2.95. The van der Waals surface area contributed by atoms with Gasteiger partial charge < -0.3 is 25.0 Å². The zero-order valence-corrected chi connectivity index (χ0v) is 28.4. The molecule has 266 valence electrons. The Morgan fingerprint density at radius 2 is 1.57 bits per heavy atom. The Balaban J connectivity index is 1.84. The number of rotatable bonds is 12. The second kappa shape index (κ2) is 14.4. The van der Waals surface area contributed by atoms with Gasteiger partial charge in [0.05, 0.1) is 12.0 Å². The largest absolute Gasteiger partial charge is 0.481 e. The lowest BCUT2D eigenvalue weighted by Crippen LogP contribution is -2.51. The number of hydrogen-bond donors (Lipinski definition) is 3. The summed E-state index contributed by atoms with van der Waals surface area (Å²) in [5.41, 5.74) is -4.09. The maximum atomic E-state index is 15.9. The summed E-state index contributed by atoms with van der Waals surface area (Å²) in [4.78, 5) is 41.3. The third-order valence-corrected chi connectivity index (χ3v) is 9.05. The number of pyridine rings is 1. The molecular formula is C36H42F5N3O5. The number of aliphatic carboxylic acids is 1. The number of carbonyl (C=O) groups excluding carboxylic acids is 1. The Labute approximate surface area is 281 Å². The molecule has 1 saturated heterocycles. The molecule has 1 aromatic heterocycles. The predicted octanol–water partition coefficient (Wildman–Crippen LogP) is 6.32. The van der Waals surface area contributed by atoms with Gasteiger partial charge in [-0.2, -0.15) is 13.2 Å². The number of aliphatic hydroxyl groups is 1. The third-order valence-electron chi connectivity index (χ3n) is 9.05. The van der Waals surface area contributed by atoms with Crippen molar-refractivity contribution in [1.29, 1.82) is 0 Å². The van der Waals surface area contributed by atoms with Gasteiger partial charge in [0.25, 0.3) is 5.56 Å². The van der Waals surface area contributed by atoms with Gasteiger partial charge in [-0.1, -0.05) is 19.9 Å². The molecule has 1 aliphatic rings. The first-order chi connectivity index (χ1) is 22.7. The third kappa shape index (κ3) is 8.21. The number of benzene rings is 2. The van der Waals surface area contributed by atoms with Gasteiger partial charge in [-0.15, -0.1) is 0 Å². The Morgan fingerprint density at radius 1 is 0.939 bits per heavy atom. The van der Waals surface area contributed by atoms with Crippen LogP contribution in [0.2, 0.25) is 0 Å². The molecule has 13 heteroatoms. The van der Waals surface area contributed by atoms with Crippen LogP contribution in [-0.4, -0.2) is 51.2 Å². The van der Waals surface area contributed by atoms with Gasteiger partial charge in [0, 0.05) is 24.4 Å². The van der Waals surface area contributed by atoms with Crippen LogP contribution in [0.5, 0.6) is 0 Å². The molecule has 1 aliphatic heterocycles. The van der Waals surface area contributed by atoms with Crippen molar-refractivity contribution in [2.24, 2.45) is 5.92 Å². The Kier molecular flexibility index (Phi) is 11.1. The van der Waals surface area contributed by atoms with E-state index in [0.717, 1.165) is 36.3 Å². The summed E-state index contributed by atoms with van der Waals surface area (Å²) < 4.78 is 73.8. The molecule has 1 fully saturated rings. The Hall–Kier alpha value is -4.10. The number of carbonyl (C=O) groups is 2. The second-order valence-electron chi connectivity index (χ2n) is 13.4. The molecule has 0 aliphatic carbocycles. The molecule has 4 rings (SSSR count). The van der Waals surface area contributed by atoms with Gasteiger partial charge in [0.2, 0.25) is 5.91 Å². The zero-order chi connectivity index (χ0) is 36.6. The molecule has 8 nitrogen and oxygen atoms in total. The zero-order valence-electron chi connectivity index (χ0n) is 28.4. The molecule has 0 bridgehead atoms. The summed E-state index contributed by atoms with van der Waals surface area (Å²) in [7, 11) is 0. The summed E-state index contributed by atoms with van der Waals surface area (Å²) in [6.45, 7) is 11.4. The van der Waals surface area contributed by atoms with Crippen molar-refractivity contribution in [2.75, 3.05) is 19.6 Å². The van der Waals surface area contributed by atoms with E-state index >= 15 is 4.39 Å². The molecular weight excluding hydrogens is 649 g/mol. The van der Waals surface area contributed by atoms with Gasteiger partial charge in [-0.25, -0.2) is 8.78 Å². The minimum absolute atomic E-state index is 0.0325. The van der Waals surface area contributed by atoms with Crippen LogP contribution in [0, 0.1) is 45.2 Å². The standard InChI is InChI=1S/C36H42F5N3O5/c1-19(2)12-28(44-18-24(8-11-43-9-7-10-43)26(16-29(44)45)36(39,40)41)34(48)42-35(49,17-30(46)47)27-15-25(14-22(5)33(27)38)31-20(3)13-21(4)32(37)23(31)6/h13-16,18-19,28,49H,7-12,17H2,1-6H3,(H,42,48)(H,46,47)/t28?,35-/m1/s1. The van der Waals surface area contributed by atoms with E-state index in [2.05, 4.69) is 5.32 Å². The lowest BCUT2D eigenvalue weighted by Gasteiger charge is -2.33. The van der Waals surface area contributed by atoms with Crippen LogP contribution in [0.3, 0.4) is 0 Å². The van der Waals surface area contributed by atoms with Gasteiger partial charge in [-0.05, 0) is 117 Å². The molecule has 3 aromatic rings. The number of halogens is 5. The quantitative estimate of drug-likeness (QED) is 0.152. The molecule has 1 unspecified atom stereocenters. The van der Waals surface area contributed by atoms with E-state index in [-0.39, 0.29) is 41.0 Å². The Morgan fingerprint density at radius 3 is 2.12 bits per heavy atom. The molecule has 0 saturated carbocycles. The van der Waals surface area contributed by atoms with E-state index in [4.69, 9.17) is 0 Å². The number of carboxylic acid groups (broad SMARTS) is 1. The van der Waals surface area contributed by atoms with Crippen LogP contribution in [0.15, 0.2) is 35.3 Å². The van der Waals surface area contributed by atoms with Gasteiger partial charge in [-0.3, -0.25) is 14.4 Å². The summed E-state index contributed by atoms with van der Waals surface area (Å²) in [5, 5.41) is 23.9. The molecule has 0 spiro atoms. The van der Waals surface area contributed by atoms with E-state index < -0.39 is 64.6 Å². The second-order valence-corrected chi connectivity index (χ2v) is 13.4. The van der Waals surface area contributed by atoms with Crippen LogP contribution in [0.4, 0.5) is 22.0 Å². The number of hydrogen-bond acceptors (Lipinski definition) is 5. The number of carboxylic acids is 1. The van der Waals surface area contributed by atoms with Crippen molar-refractivity contribution in [1.82, 2.24) is 14.8 Å². The van der Waals surface area contributed by atoms with Gasteiger partial charge in [0.15, 0.2) is 5.72 Å². The number of nitrogens with one attached hydrogen (secondary N) is 1. The van der Waals surface area contributed by atoms with Crippen LogP contribution >= 0.6 is 0 Å². The lowest BCUT2D eigenvalue weighted by atomic mass is 9.88. The van der Waals surface area contributed by atoms with E-state index in [1.165, 1.54) is 19.9 Å². The van der Waals surface area contributed by atoms with E-state index in [0.29, 0.717) is 29.3 Å². The lowest BCUT2D eigenvalue weighted by molar-refractivity contribution is -0.148. The summed E-state index contributed by atoms with van der Waals surface area (Å²) >= 11 is 0. The maximum Gasteiger partial charge on any atom is 0.416 e. The summed E-state index contributed by atoms with van der Waals surface area (Å²) in [5.74, 6) is -4.55. The number of likely N-dealkylation sites (tertiary alicyclic amines) is 1. The number of aryl methyl sites for hydroxylation is 3. The highest BCUT2D eigenvalue weighted by molar-refractivity contribution is 5.82. The average molecular weight is 692 g/mol. The molecule has 1 amide bonds. The topological polar surface area (TPSA) is 112 Å². The monoisotopic (exact) mass is 691 g/mol. The fourth-order valence-corrected chi connectivity index (χ4v) is 6.51. The first-order valence-corrected chi connectivity index (χ1v) is 16.1. The molecule has 2 aromatic carbocycles. The van der Waals surface area contributed by atoms with Gasteiger partial charge in [0.1, 0.15) is 17.7 Å². The summed E-state index contributed by atoms with van der Waals surface area (Å²) in [6.07, 6.45) is -4.27. The highest BCUT2D eigenvalue weighted by Crippen LogP contribution is 2.37. The number of aromatic nitrogens is 1. The highest BCUT2D eigenvalue weighted by atomic mass is 19.4. The maximum absolute atomic E-state index is 15.9. The molecule has 2 heterocycles. The highest BCUT2D eigenvalue weighted by Gasteiger charge is 2.41. The fraction of sp³-hybridized carbons (Fsp3) is 0.472. The van der Waals surface area contributed by atoms with E-state index in [9.17, 15) is 42.2 Å². The van der Waals surface area contributed by atoms with Crippen molar-refractivity contribution in [3.63, 3.8) is 0 Å². The van der Waals surface area contributed by atoms with Crippen LogP contribution < -0.4 is 10.9 Å². The first-order valence-electron chi connectivity index (χ1n) is 16.1. The van der Waals surface area contributed by atoms with Crippen LogP contribution in [0.25, 0.3) is 11.1 Å². The predicted molar refractivity (Wildman–Crippen MR) is 174 cm³/mol. The normalized spacial score (nSPS) is 15.5. The molecule has 49 heavy (non-hydrogen) atoms. The van der Waals surface area contributed by atoms with Crippen molar-refractivity contribution in [3.05, 3.63) is 91.4 Å². The minimum atomic E-state index is -4.84. The number of alkyl halides is 3.